The Morgan fingerprint density at radius 1 is 0.926 bits per heavy atom. The zero-order chi connectivity index (χ0) is 19.6. The number of benzene rings is 2. The van der Waals surface area contributed by atoms with Gasteiger partial charge < -0.3 is 20.1 Å². The van der Waals surface area contributed by atoms with Crippen molar-refractivity contribution in [2.75, 3.05) is 19.0 Å². The van der Waals surface area contributed by atoms with Crippen molar-refractivity contribution < 1.29 is 19.1 Å². The molecule has 0 bridgehead atoms. The lowest BCUT2D eigenvalue weighted by Crippen LogP contribution is -2.34. The van der Waals surface area contributed by atoms with Crippen LogP contribution in [-0.4, -0.2) is 25.5 Å². The zero-order valence-corrected chi connectivity index (χ0v) is 16.0. The molecule has 0 aromatic heterocycles. The molecule has 144 valence electrons. The minimum atomic E-state index is -0.700. The molecule has 2 N–H and O–H groups in total. The largest absolute Gasteiger partial charge is 0.493 e. The number of hydrogen-bond acceptors (Lipinski definition) is 4. The molecule has 2 aromatic rings. The van der Waals surface area contributed by atoms with E-state index < -0.39 is 11.8 Å². The molecule has 27 heavy (non-hydrogen) atoms. The quantitative estimate of drug-likeness (QED) is 0.699. The number of rotatable bonds is 8. The van der Waals surface area contributed by atoms with Crippen LogP contribution in [0.1, 0.15) is 31.4 Å². The van der Waals surface area contributed by atoms with E-state index in [1.807, 2.05) is 25.1 Å². The summed E-state index contributed by atoms with van der Waals surface area (Å²) in [5.41, 5.74) is 2.56. The first-order chi connectivity index (χ1) is 13.1. The summed E-state index contributed by atoms with van der Waals surface area (Å²) < 4.78 is 10.9. The highest BCUT2D eigenvalue weighted by Gasteiger charge is 2.14. The van der Waals surface area contributed by atoms with E-state index in [-0.39, 0.29) is 6.54 Å². The highest BCUT2D eigenvalue weighted by atomic mass is 16.5. The second-order valence-electron chi connectivity index (χ2n) is 6.02. The van der Waals surface area contributed by atoms with Crippen molar-refractivity contribution in [3.05, 3.63) is 53.6 Å². The fourth-order valence-corrected chi connectivity index (χ4v) is 2.43. The molecule has 0 radical (unpaired) electrons. The SMILES string of the molecule is CCCOc1ccc(CNC(=O)C(=O)Nc2ccc(CC)cc2)cc1OC. The molecule has 0 unspecified atom stereocenters. The van der Waals surface area contributed by atoms with Gasteiger partial charge >= 0.3 is 11.8 Å². The molecule has 0 aliphatic rings. The van der Waals surface area contributed by atoms with E-state index in [1.165, 1.54) is 0 Å². The molecule has 0 aliphatic carbocycles. The van der Waals surface area contributed by atoms with E-state index in [9.17, 15) is 9.59 Å². The Balaban J connectivity index is 1.90. The molecule has 0 aliphatic heterocycles. The van der Waals surface area contributed by atoms with Crippen LogP contribution in [0.15, 0.2) is 42.5 Å². The maximum absolute atomic E-state index is 12.0. The fourth-order valence-electron chi connectivity index (χ4n) is 2.43. The summed E-state index contributed by atoms with van der Waals surface area (Å²) in [6.07, 6.45) is 1.82. The van der Waals surface area contributed by atoms with E-state index in [4.69, 9.17) is 9.47 Å². The van der Waals surface area contributed by atoms with Gasteiger partial charge in [-0.05, 0) is 48.2 Å². The second-order valence-corrected chi connectivity index (χ2v) is 6.02. The molecule has 6 heteroatoms. The smallest absolute Gasteiger partial charge is 0.313 e. The molecular weight excluding hydrogens is 344 g/mol. The van der Waals surface area contributed by atoms with E-state index in [1.54, 1.807) is 31.4 Å². The van der Waals surface area contributed by atoms with Crippen LogP contribution in [-0.2, 0) is 22.6 Å². The highest BCUT2D eigenvalue weighted by molar-refractivity contribution is 6.39. The Kier molecular flexibility index (Phi) is 7.67. The first-order valence-electron chi connectivity index (χ1n) is 9.05. The Labute approximate surface area is 159 Å². The van der Waals surface area contributed by atoms with Crippen LogP contribution >= 0.6 is 0 Å². The van der Waals surface area contributed by atoms with E-state index in [2.05, 4.69) is 17.6 Å². The lowest BCUT2D eigenvalue weighted by molar-refractivity contribution is -0.136. The van der Waals surface area contributed by atoms with Gasteiger partial charge in [0.2, 0.25) is 0 Å². The van der Waals surface area contributed by atoms with Gasteiger partial charge in [0.15, 0.2) is 11.5 Å². The number of aryl methyl sites for hydroxylation is 1. The van der Waals surface area contributed by atoms with Gasteiger partial charge in [0.25, 0.3) is 0 Å². The van der Waals surface area contributed by atoms with Crippen LogP contribution in [0, 0.1) is 0 Å². The Morgan fingerprint density at radius 2 is 1.63 bits per heavy atom. The number of carbonyl (C=O) groups is 2. The van der Waals surface area contributed by atoms with Crippen LogP contribution in [0.3, 0.4) is 0 Å². The van der Waals surface area contributed by atoms with Crippen LogP contribution in [0.25, 0.3) is 0 Å². The van der Waals surface area contributed by atoms with Crippen molar-refractivity contribution >= 4 is 17.5 Å². The van der Waals surface area contributed by atoms with Gasteiger partial charge in [0, 0.05) is 12.2 Å². The molecule has 2 amide bonds. The van der Waals surface area contributed by atoms with Crippen LogP contribution in [0.2, 0.25) is 0 Å². The van der Waals surface area contributed by atoms with E-state index >= 15 is 0 Å². The van der Waals surface area contributed by atoms with Crippen molar-refractivity contribution in [1.29, 1.82) is 0 Å². The minimum absolute atomic E-state index is 0.214. The number of hydrogen-bond donors (Lipinski definition) is 2. The molecule has 0 spiro atoms. The molecule has 0 fully saturated rings. The monoisotopic (exact) mass is 370 g/mol. The van der Waals surface area contributed by atoms with Crippen molar-refractivity contribution in [3.8, 4) is 11.5 Å². The van der Waals surface area contributed by atoms with Gasteiger partial charge in [-0.2, -0.15) is 0 Å². The van der Waals surface area contributed by atoms with Gasteiger partial charge in [0.05, 0.1) is 13.7 Å². The van der Waals surface area contributed by atoms with Crippen LogP contribution < -0.4 is 20.1 Å². The van der Waals surface area contributed by atoms with Gasteiger partial charge in [-0.3, -0.25) is 9.59 Å². The summed E-state index contributed by atoms with van der Waals surface area (Å²) in [5.74, 6) is -0.146. The average Bonchev–Trinajstić information content (AvgIpc) is 2.71. The van der Waals surface area contributed by atoms with Gasteiger partial charge in [-0.1, -0.05) is 32.0 Å². The number of amides is 2. The van der Waals surface area contributed by atoms with Crippen LogP contribution in [0.4, 0.5) is 5.69 Å². The van der Waals surface area contributed by atoms with Crippen molar-refractivity contribution in [3.63, 3.8) is 0 Å². The predicted molar refractivity (Wildman–Crippen MR) is 105 cm³/mol. The number of anilines is 1. The fraction of sp³-hybridized carbons (Fsp3) is 0.333. The van der Waals surface area contributed by atoms with Crippen molar-refractivity contribution in [2.45, 2.75) is 33.2 Å². The first-order valence-corrected chi connectivity index (χ1v) is 9.05. The van der Waals surface area contributed by atoms with Crippen molar-refractivity contribution in [1.82, 2.24) is 5.32 Å². The first kappa shape index (κ1) is 20.3. The highest BCUT2D eigenvalue weighted by Crippen LogP contribution is 2.28. The predicted octanol–water partition coefficient (Wildman–Crippen LogP) is 3.30. The summed E-state index contributed by atoms with van der Waals surface area (Å²) in [5, 5.41) is 5.20. The standard InChI is InChI=1S/C21H26N2O4/c1-4-12-27-18-11-8-16(13-19(18)26-3)14-22-20(24)21(25)23-17-9-6-15(5-2)7-10-17/h6-11,13H,4-5,12,14H2,1-3H3,(H,22,24)(H,23,25). The second kappa shape index (κ2) is 10.2. The zero-order valence-electron chi connectivity index (χ0n) is 16.0. The number of ether oxygens (including phenoxy) is 2. The molecule has 0 heterocycles. The Hall–Kier alpha value is -3.02. The molecule has 0 saturated heterocycles. The minimum Gasteiger partial charge on any atom is -0.493 e. The van der Waals surface area contributed by atoms with Gasteiger partial charge in [-0.25, -0.2) is 0 Å². The summed E-state index contributed by atoms with van der Waals surface area (Å²) in [7, 11) is 1.56. The molecule has 6 nitrogen and oxygen atoms in total. The summed E-state index contributed by atoms with van der Waals surface area (Å²) in [6, 6.07) is 12.8. The van der Waals surface area contributed by atoms with Gasteiger partial charge in [0.1, 0.15) is 0 Å². The normalized spacial score (nSPS) is 10.2. The topological polar surface area (TPSA) is 76.7 Å². The summed E-state index contributed by atoms with van der Waals surface area (Å²) in [4.78, 5) is 24.0. The summed E-state index contributed by atoms with van der Waals surface area (Å²) >= 11 is 0. The number of nitrogens with one attached hydrogen (secondary N) is 2. The van der Waals surface area contributed by atoms with E-state index in [0.29, 0.717) is 23.8 Å². The third-order valence-corrected chi connectivity index (χ3v) is 3.97. The lowest BCUT2D eigenvalue weighted by Gasteiger charge is -2.12. The number of methoxy groups -OCH3 is 1. The molecule has 2 aromatic carbocycles. The maximum Gasteiger partial charge on any atom is 0.313 e. The molecule has 2 rings (SSSR count). The maximum atomic E-state index is 12.0. The third-order valence-electron chi connectivity index (χ3n) is 3.97. The number of carbonyl (C=O) groups excluding carboxylic acids is 2. The molecule has 0 saturated carbocycles. The van der Waals surface area contributed by atoms with Crippen molar-refractivity contribution in [2.24, 2.45) is 0 Å². The molecule has 0 atom stereocenters. The molecular formula is C21H26N2O4. The van der Waals surface area contributed by atoms with Crippen LogP contribution in [0.5, 0.6) is 11.5 Å². The third kappa shape index (κ3) is 6.02. The van der Waals surface area contributed by atoms with E-state index in [0.717, 1.165) is 24.0 Å². The Bertz CT molecular complexity index is 772. The summed E-state index contributed by atoms with van der Waals surface area (Å²) in [6.45, 7) is 4.90. The lowest BCUT2D eigenvalue weighted by atomic mass is 10.1. The average molecular weight is 370 g/mol. The Morgan fingerprint density at radius 3 is 2.26 bits per heavy atom. The van der Waals surface area contributed by atoms with Gasteiger partial charge in [-0.15, -0.1) is 0 Å².